The third kappa shape index (κ3) is 5.53. The first-order chi connectivity index (χ1) is 11.1. The number of hydrogen-bond acceptors (Lipinski definition) is 4. The van der Waals surface area contributed by atoms with E-state index in [1.54, 1.807) is 7.11 Å². The number of methoxy groups -OCH3 is 2. The van der Waals surface area contributed by atoms with E-state index in [4.69, 9.17) is 15.2 Å². The lowest BCUT2D eigenvalue weighted by Gasteiger charge is -2.11. The topological polar surface area (TPSA) is 73.6 Å². The Hall–Kier alpha value is -2.08. The van der Waals surface area contributed by atoms with Crippen LogP contribution >= 0.6 is 12.4 Å². The van der Waals surface area contributed by atoms with E-state index in [2.05, 4.69) is 5.32 Å². The number of carbonyl (C=O) groups is 1. The Morgan fingerprint density at radius 3 is 2.08 bits per heavy atom. The van der Waals surface area contributed by atoms with Gasteiger partial charge in [0.2, 0.25) is 5.91 Å². The van der Waals surface area contributed by atoms with Crippen LogP contribution in [0.5, 0.6) is 5.75 Å². The highest BCUT2D eigenvalue weighted by Gasteiger charge is 2.12. The maximum absolute atomic E-state index is 11.7. The smallest absolute Gasteiger partial charge is 0.239 e. The lowest BCUT2D eigenvalue weighted by Crippen LogP contribution is -2.43. The molecule has 0 aliphatic carbocycles. The van der Waals surface area contributed by atoms with Crippen molar-refractivity contribution in [3.05, 3.63) is 54.1 Å². The molecule has 0 aliphatic heterocycles. The Bertz CT molecular complexity index is 630. The molecule has 0 radical (unpaired) electrons. The highest BCUT2D eigenvalue weighted by molar-refractivity contribution is 5.85. The van der Waals surface area contributed by atoms with Crippen molar-refractivity contribution >= 4 is 18.3 Å². The summed E-state index contributed by atoms with van der Waals surface area (Å²) in [6.45, 7) is 0.654. The number of benzene rings is 2. The summed E-state index contributed by atoms with van der Waals surface area (Å²) in [5, 5.41) is 2.80. The van der Waals surface area contributed by atoms with Crippen LogP contribution in [0.15, 0.2) is 48.5 Å². The van der Waals surface area contributed by atoms with Gasteiger partial charge in [0.1, 0.15) is 11.8 Å². The number of halogens is 1. The fourth-order valence-electron chi connectivity index (χ4n) is 2.17. The zero-order valence-electron chi connectivity index (χ0n) is 13.8. The molecule has 2 aromatic rings. The first-order valence-electron chi connectivity index (χ1n) is 7.39. The molecule has 0 aromatic heterocycles. The normalized spacial score (nSPS) is 11.3. The molecule has 2 aromatic carbocycles. The number of nitrogens with two attached hydrogens (primary N) is 1. The maximum Gasteiger partial charge on any atom is 0.239 e. The van der Waals surface area contributed by atoms with Crippen molar-refractivity contribution in [2.45, 2.75) is 12.6 Å². The molecule has 0 bridgehead atoms. The number of ether oxygens (including phenoxy) is 2. The highest BCUT2D eigenvalue weighted by Crippen LogP contribution is 2.22. The van der Waals surface area contributed by atoms with Crippen LogP contribution < -0.4 is 15.8 Å². The minimum Gasteiger partial charge on any atom is -0.497 e. The number of hydrogen-bond donors (Lipinski definition) is 2. The Morgan fingerprint density at radius 2 is 1.58 bits per heavy atom. The van der Waals surface area contributed by atoms with Crippen LogP contribution in [-0.4, -0.2) is 32.8 Å². The van der Waals surface area contributed by atoms with Gasteiger partial charge in [-0.25, -0.2) is 0 Å². The van der Waals surface area contributed by atoms with Gasteiger partial charge in [-0.1, -0.05) is 36.4 Å². The summed E-state index contributed by atoms with van der Waals surface area (Å²) >= 11 is 0. The lowest BCUT2D eigenvalue weighted by molar-refractivity contribution is -0.123. The molecule has 24 heavy (non-hydrogen) atoms. The zero-order valence-corrected chi connectivity index (χ0v) is 14.6. The predicted molar refractivity (Wildman–Crippen MR) is 97.4 cm³/mol. The van der Waals surface area contributed by atoms with E-state index < -0.39 is 6.04 Å². The van der Waals surface area contributed by atoms with Gasteiger partial charge in [-0.05, 0) is 28.8 Å². The molecular weight excluding hydrogens is 328 g/mol. The van der Waals surface area contributed by atoms with Gasteiger partial charge in [0.05, 0.1) is 13.7 Å². The van der Waals surface area contributed by atoms with E-state index in [9.17, 15) is 4.79 Å². The number of nitrogens with one attached hydrogen (secondary N) is 1. The van der Waals surface area contributed by atoms with Crippen LogP contribution in [0, 0.1) is 0 Å². The second kappa shape index (κ2) is 9.93. The summed E-state index contributed by atoms with van der Waals surface area (Å²) in [7, 11) is 3.17. The standard InChI is InChI=1S/C18H22N2O3.ClH/c1-22-12-17(19)18(21)20-11-13-3-5-14(6-4-13)15-7-9-16(23-2)10-8-15;/h3-10,17H,11-12,19H2,1-2H3,(H,20,21);1H. The number of carbonyl (C=O) groups excluding carboxylic acids is 1. The van der Waals surface area contributed by atoms with E-state index in [1.807, 2.05) is 48.5 Å². The number of amides is 1. The molecule has 2 rings (SSSR count). The van der Waals surface area contributed by atoms with Crippen LogP contribution in [0.4, 0.5) is 0 Å². The van der Waals surface area contributed by atoms with Gasteiger partial charge in [0, 0.05) is 13.7 Å². The van der Waals surface area contributed by atoms with Crippen LogP contribution in [0.2, 0.25) is 0 Å². The molecule has 1 atom stereocenters. The molecule has 1 unspecified atom stereocenters. The molecule has 0 aliphatic rings. The summed E-state index contributed by atoms with van der Waals surface area (Å²) in [6, 6.07) is 15.3. The summed E-state index contributed by atoms with van der Waals surface area (Å²) in [6.07, 6.45) is 0. The first kappa shape index (κ1) is 20.0. The van der Waals surface area contributed by atoms with Crippen LogP contribution in [0.3, 0.4) is 0 Å². The van der Waals surface area contributed by atoms with Crippen molar-refractivity contribution in [3.8, 4) is 16.9 Å². The predicted octanol–water partition coefficient (Wildman–Crippen LogP) is 2.37. The Kier molecular flexibility index (Phi) is 8.26. The molecule has 6 heteroatoms. The molecule has 0 spiro atoms. The van der Waals surface area contributed by atoms with Gasteiger partial charge in [0.25, 0.3) is 0 Å². The van der Waals surface area contributed by atoms with Gasteiger partial charge in [-0.15, -0.1) is 12.4 Å². The van der Waals surface area contributed by atoms with E-state index in [1.165, 1.54) is 7.11 Å². The Morgan fingerprint density at radius 1 is 1.04 bits per heavy atom. The minimum absolute atomic E-state index is 0. The molecule has 130 valence electrons. The third-order valence-electron chi connectivity index (χ3n) is 3.53. The highest BCUT2D eigenvalue weighted by atomic mass is 35.5. The van der Waals surface area contributed by atoms with Crippen molar-refractivity contribution in [3.63, 3.8) is 0 Å². The van der Waals surface area contributed by atoms with E-state index in [0.717, 1.165) is 22.4 Å². The van der Waals surface area contributed by atoms with E-state index in [0.29, 0.717) is 6.54 Å². The second-order valence-electron chi connectivity index (χ2n) is 5.21. The Balaban J connectivity index is 0.00000288. The molecule has 5 nitrogen and oxygen atoms in total. The van der Waals surface area contributed by atoms with Gasteiger partial charge >= 0.3 is 0 Å². The molecule has 3 N–H and O–H groups in total. The summed E-state index contributed by atoms with van der Waals surface area (Å²) in [4.78, 5) is 11.7. The summed E-state index contributed by atoms with van der Waals surface area (Å²) in [5.41, 5.74) is 8.91. The monoisotopic (exact) mass is 350 g/mol. The van der Waals surface area contributed by atoms with Gasteiger partial charge < -0.3 is 20.5 Å². The van der Waals surface area contributed by atoms with Gasteiger partial charge in [0.15, 0.2) is 0 Å². The molecule has 0 saturated heterocycles. The molecule has 1 amide bonds. The average molecular weight is 351 g/mol. The largest absolute Gasteiger partial charge is 0.497 e. The Labute approximate surface area is 148 Å². The second-order valence-corrected chi connectivity index (χ2v) is 5.21. The fourth-order valence-corrected chi connectivity index (χ4v) is 2.17. The van der Waals surface area contributed by atoms with Crippen molar-refractivity contribution in [1.29, 1.82) is 0 Å². The summed E-state index contributed by atoms with van der Waals surface area (Å²) < 4.78 is 10.0. The molecule has 0 saturated carbocycles. The van der Waals surface area contributed by atoms with Crippen LogP contribution in [0.25, 0.3) is 11.1 Å². The summed E-state index contributed by atoms with van der Waals surface area (Å²) in [5.74, 6) is 0.617. The molecule has 0 heterocycles. The number of rotatable bonds is 7. The van der Waals surface area contributed by atoms with E-state index in [-0.39, 0.29) is 24.9 Å². The van der Waals surface area contributed by atoms with Crippen molar-refractivity contribution in [1.82, 2.24) is 5.32 Å². The third-order valence-corrected chi connectivity index (χ3v) is 3.53. The molecular formula is C18H23ClN2O3. The molecule has 0 fully saturated rings. The lowest BCUT2D eigenvalue weighted by atomic mass is 10.0. The van der Waals surface area contributed by atoms with Gasteiger partial charge in [-0.3, -0.25) is 4.79 Å². The maximum atomic E-state index is 11.7. The van der Waals surface area contributed by atoms with Crippen molar-refractivity contribution < 1.29 is 14.3 Å². The quantitative estimate of drug-likeness (QED) is 0.804. The first-order valence-corrected chi connectivity index (χ1v) is 7.39. The zero-order chi connectivity index (χ0) is 16.7. The SMILES string of the molecule is COCC(N)C(=O)NCc1ccc(-c2ccc(OC)cc2)cc1.Cl. The van der Waals surface area contributed by atoms with Crippen molar-refractivity contribution in [2.75, 3.05) is 20.8 Å². The van der Waals surface area contributed by atoms with E-state index >= 15 is 0 Å². The fraction of sp³-hybridized carbons (Fsp3) is 0.278. The van der Waals surface area contributed by atoms with Crippen molar-refractivity contribution in [2.24, 2.45) is 5.73 Å². The average Bonchev–Trinajstić information content (AvgIpc) is 2.60. The minimum atomic E-state index is -0.640. The van der Waals surface area contributed by atoms with Gasteiger partial charge in [-0.2, -0.15) is 0 Å². The van der Waals surface area contributed by atoms with Crippen LogP contribution in [-0.2, 0) is 16.1 Å². The van der Waals surface area contributed by atoms with Crippen LogP contribution in [0.1, 0.15) is 5.56 Å².